The molecule has 1 rings (SSSR count). The van der Waals surface area contributed by atoms with E-state index in [1.807, 2.05) is 12.1 Å². The highest BCUT2D eigenvalue weighted by Crippen LogP contribution is 2.10. The molecule has 0 aromatic heterocycles. The Hall–Kier alpha value is -0.815. The minimum Gasteiger partial charge on any atom is -0.426 e. The van der Waals surface area contributed by atoms with Crippen LogP contribution in [0.2, 0.25) is 0 Å². The van der Waals surface area contributed by atoms with Crippen LogP contribution in [0.15, 0.2) is 24.3 Å². The maximum absolute atomic E-state index is 10.5. The van der Waals surface area contributed by atoms with Gasteiger partial charge in [-0.1, -0.05) is 30.1 Å². The van der Waals surface area contributed by atoms with Crippen LogP contribution in [0.4, 0.5) is 0 Å². The Kier molecular flexibility index (Phi) is 5.42. The molecule has 0 aliphatic heterocycles. The van der Waals surface area contributed by atoms with Gasteiger partial charge in [0, 0.05) is 17.8 Å². The Morgan fingerprint density at radius 3 is 2.93 bits per heavy atom. The number of carbonyl (C=O) groups excluding carboxylic acids is 1. The first-order chi connectivity index (χ1) is 7.22. The molecule has 80 valence electrons. The van der Waals surface area contributed by atoms with Crippen LogP contribution in [0.1, 0.15) is 15.9 Å². The number of aldehydes is 1. The zero-order valence-corrected chi connectivity index (χ0v) is 8.91. The van der Waals surface area contributed by atoms with Crippen molar-refractivity contribution >= 4 is 25.4 Å². The molecule has 0 aliphatic rings. The SMILES string of the molecule is O=Cc1cccc(CSNCB(O)O)c1. The fraction of sp³-hybridized carbons (Fsp3) is 0.222. The van der Waals surface area contributed by atoms with E-state index in [-0.39, 0.29) is 6.44 Å². The summed E-state index contributed by atoms with van der Waals surface area (Å²) in [6.45, 7) is 0. The Morgan fingerprint density at radius 1 is 1.47 bits per heavy atom. The van der Waals surface area contributed by atoms with Crippen LogP contribution in [0, 0.1) is 0 Å². The van der Waals surface area contributed by atoms with Crippen LogP contribution in [0.5, 0.6) is 0 Å². The van der Waals surface area contributed by atoms with Gasteiger partial charge in [-0.15, -0.1) is 0 Å². The molecular weight excluding hydrogens is 213 g/mol. The van der Waals surface area contributed by atoms with Crippen molar-refractivity contribution in [3.05, 3.63) is 35.4 Å². The van der Waals surface area contributed by atoms with Crippen molar-refractivity contribution < 1.29 is 14.8 Å². The van der Waals surface area contributed by atoms with Gasteiger partial charge in [0.15, 0.2) is 0 Å². The molecule has 0 fully saturated rings. The van der Waals surface area contributed by atoms with Crippen molar-refractivity contribution in [2.45, 2.75) is 5.75 Å². The van der Waals surface area contributed by atoms with Crippen LogP contribution < -0.4 is 4.72 Å². The van der Waals surface area contributed by atoms with E-state index >= 15 is 0 Å². The van der Waals surface area contributed by atoms with Gasteiger partial charge < -0.3 is 10.0 Å². The highest BCUT2D eigenvalue weighted by Gasteiger charge is 2.04. The fourth-order valence-electron chi connectivity index (χ4n) is 1.02. The predicted octanol–water partition coefficient (Wildman–Crippen LogP) is 0.249. The summed E-state index contributed by atoms with van der Waals surface area (Å²) in [5.41, 5.74) is 1.67. The third kappa shape index (κ3) is 4.99. The van der Waals surface area contributed by atoms with E-state index in [0.29, 0.717) is 11.3 Å². The van der Waals surface area contributed by atoms with Crippen LogP contribution in [0.25, 0.3) is 0 Å². The monoisotopic (exact) mass is 225 g/mol. The van der Waals surface area contributed by atoms with Crippen molar-refractivity contribution in [3.8, 4) is 0 Å². The number of benzene rings is 1. The highest BCUT2D eigenvalue weighted by molar-refractivity contribution is 7.96. The Labute approximate surface area is 93.0 Å². The Morgan fingerprint density at radius 2 is 2.27 bits per heavy atom. The molecule has 15 heavy (non-hydrogen) atoms. The molecule has 0 unspecified atom stereocenters. The summed E-state index contributed by atoms with van der Waals surface area (Å²) in [5, 5.41) is 17.1. The minimum absolute atomic E-state index is 0.123. The first-order valence-corrected chi connectivity index (χ1v) is 5.46. The van der Waals surface area contributed by atoms with Gasteiger partial charge >= 0.3 is 7.12 Å². The molecule has 1 aromatic carbocycles. The predicted molar refractivity (Wildman–Crippen MR) is 61.3 cm³/mol. The van der Waals surface area contributed by atoms with Crippen LogP contribution >= 0.6 is 11.9 Å². The van der Waals surface area contributed by atoms with E-state index in [2.05, 4.69) is 4.72 Å². The number of rotatable bonds is 6. The van der Waals surface area contributed by atoms with E-state index in [9.17, 15) is 4.79 Å². The number of hydrogen-bond donors (Lipinski definition) is 3. The van der Waals surface area contributed by atoms with Gasteiger partial charge in [-0.2, -0.15) is 0 Å². The van der Waals surface area contributed by atoms with E-state index in [4.69, 9.17) is 10.0 Å². The first-order valence-electron chi connectivity index (χ1n) is 4.47. The summed E-state index contributed by atoms with van der Waals surface area (Å²) >= 11 is 1.37. The summed E-state index contributed by atoms with van der Waals surface area (Å²) < 4.78 is 2.80. The van der Waals surface area contributed by atoms with Crippen LogP contribution in [-0.2, 0) is 5.75 Å². The molecule has 4 nitrogen and oxygen atoms in total. The van der Waals surface area contributed by atoms with Gasteiger partial charge in [-0.05, 0) is 11.6 Å². The van der Waals surface area contributed by atoms with E-state index < -0.39 is 7.12 Å². The van der Waals surface area contributed by atoms with Crippen LogP contribution in [0.3, 0.4) is 0 Å². The average Bonchev–Trinajstić information content (AvgIpc) is 2.24. The molecule has 0 bridgehead atoms. The smallest absolute Gasteiger partial charge is 0.426 e. The summed E-state index contributed by atoms with van der Waals surface area (Å²) in [4.78, 5) is 10.5. The molecule has 0 heterocycles. The zero-order chi connectivity index (χ0) is 11.1. The quantitative estimate of drug-likeness (QED) is 0.280. The van der Waals surface area contributed by atoms with Gasteiger partial charge in [0.1, 0.15) is 6.29 Å². The van der Waals surface area contributed by atoms with E-state index in [1.54, 1.807) is 12.1 Å². The van der Waals surface area contributed by atoms with Crippen LogP contribution in [-0.4, -0.2) is 29.9 Å². The summed E-state index contributed by atoms with van der Waals surface area (Å²) in [7, 11) is -1.33. The second-order valence-electron chi connectivity index (χ2n) is 2.98. The second-order valence-corrected chi connectivity index (χ2v) is 3.85. The third-order valence-electron chi connectivity index (χ3n) is 1.69. The molecule has 0 amide bonds. The summed E-state index contributed by atoms with van der Waals surface area (Å²) in [6.07, 6.45) is 0.928. The van der Waals surface area contributed by atoms with Gasteiger partial charge in [0.25, 0.3) is 0 Å². The van der Waals surface area contributed by atoms with Gasteiger partial charge in [0.05, 0.1) is 0 Å². The lowest BCUT2D eigenvalue weighted by Gasteiger charge is -2.03. The molecule has 6 heteroatoms. The number of carbonyl (C=O) groups is 1. The van der Waals surface area contributed by atoms with Gasteiger partial charge in [-0.25, -0.2) is 0 Å². The molecule has 1 aromatic rings. The first kappa shape index (κ1) is 12.3. The largest absolute Gasteiger partial charge is 0.467 e. The minimum atomic E-state index is -1.33. The Balaban J connectivity index is 2.34. The molecule has 0 spiro atoms. The topological polar surface area (TPSA) is 69.6 Å². The molecule has 0 aliphatic carbocycles. The van der Waals surface area contributed by atoms with Crippen molar-refractivity contribution in [2.24, 2.45) is 0 Å². The maximum Gasteiger partial charge on any atom is 0.467 e. The zero-order valence-electron chi connectivity index (χ0n) is 8.09. The average molecular weight is 225 g/mol. The molecule has 0 saturated carbocycles. The number of hydrogen-bond acceptors (Lipinski definition) is 5. The summed E-state index contributed by atoms with van der Waals surface area (Å²) in [6, 6.07) is 7.28. The van der Waals surface area contributed by atoms with Crippen molar-refractivity contribution in [1.29, 1.82) is 0 Å². The molecule has 0 saturated heterocycles. The molecule has 0 atom stereocenters. The van der Waals surface area contributed by atoms with Gasteiger partial charge in [-0.3, -0.25) is 9.52 Å². The summed E-state index contributed by atoms with van der Waals surface area (Å²) in [5.74, 6) is 0.675. The molecular formula is C9H12BNO3S. The Bertz CT molecular complexity index is 322. The fourth-order valence-corrected chi connectivity index (χ4v) is 1.74. The maximum atomic E-state index is 10.5. The third-order valence-corrected chi connectivity index (χ3v) is 2.54. The second kappa shape index (κ2) is 6.63. The lowest BCUT2D eigenvalue weighted by molar-refractivity contribution is 0.112. The van der Waals surface area contributed by atoms with Crippen molar-refractivity contribution in [1.82, 2.24) is 4.72 Å². The lowest BCUT2D eigenvalue weighted by atomic mass is 9.94. The number of nitrogens with one attached hydrogen (secondary N) is 1. The lowest BCUT2D eigenvalue weighted by Crippen LogP contribution is -2.26. The highest BCUT2D eigenvalue weighted by atomic mass is 32.2. The van der Waals surface area contributed by atoms with Gasteiger partial charge in [0.2, 0.25) is 0 Å². The molecule has 0 radical (unpaired) electrons. The van der Waals surface area contributed by atoms with E-state index in [0.717, 1.165) is 11.8 Å². The van der Waals surface area contributed by atoms with Crippen molar-refractivity contribution in [3.63, 3.8) is 0 Å². The van der Waals surface area contributed by atoms with Crippen molar-refractivity contribution in [2.75, 3.05) is 6.44 Å². The normalized spacial score (nSPS) is 10.0. The van der Waals surface area contributed by atoms with E-state index in [1.165, 1.54) is 11.9 Å². The molecule has 3 N–H and O–H groups in total. The standard InChI is InChI=1S/C9H12BNO3S/c12-5-8-2-1-3-9(4-8)6-15-11-7-10(13)14/h1-5,11,13-14H,6-7H2.